The average Bonchev–Trinajstić information content (AvgIpc) is 2.37. The van der Waals surface area contributed by atoms with Gasteiger partial charge in [0.2, 0.25) is 5.91 Å². The highest BCUT2D eigenvalue weighted by Crippen LogP contribution is 2.14. The summed E-state index contributed by atoms with van der Waals surface area (Å²) in [6, 6.07) is 7.72. The van der Waals surface area contributed by atoms with Crippen molar-refractivity contribution in [2.75, 3.05) is 19.5 Å². The number of amides is 1. The van der Waals surface area contributed by atoms with E-state index in [1.807, 2.05) is 31.2 Å². The van der Waals surface area contributed by atoms with Crippen LogP contribution in [0.4, 0.5) is 0 Å². The fourth-order valence-electron chi connectivity index (χ4n) is 1.64. The Kier molecular flexibility index (Phi) is 5.84. The molecule has 0 saturated carbocycles. The van der Waals surface area contributed by atoms with Crippen LogP contribution >= 0.6 is 11.6 Å². The van der Waals surface area contributed by atoms with Gasteiger partial charge in [0.15, 0.2) is 0 Å². The number of hydrogen-bond acceptors (Lipinski definition) is 2. The number of carbonyl (C=O) groups excluding carboxylic acids is 1. The predicted molar refractivity (Wildman–Crippen MR) is 69.4 cm³/mol. The molecule has 0 saturated heterocycles. The molecular weight excluding hydrogens is 238 g/mol. The number of benzene rings is 1. The lowest BCUT2D eigenvalue weighted by molar-refractivity contribution is -0.129. The van der Waals surface area contributed by atoms with E-state index in [1.165, 1.54) is 0 Å². The quantitative estimate of drug-likeness (QED) is 0.732. The summed E-state index contributed by atoms with van der Waals surface area (Å²) in [7, 11) is 1.63. The lowest BCUT2D eigenvalue weighted by Crippen LogP contribution is -2.32. The third-order valence-corrected chi connectivity index (χ3v) is 2.70. The molecule has 0 heterocycles. The largest absolute Gasteiger partial charge is 0.497 e. The van der Waals surface area contributed by atoms with Crippen molar-refractivity contribution in [3.05, 3.63) is 29.8 Å². The Morgan fingerprint density at radius 2 is 2.24 bits per heavy atom. The Morgan fingerprint density at radius 1 is 1.47 bits per heavy atom. The first kappa shape index (κ1) is 13.8. The van der Waals surface area contributed by atoms with Gasteiger partial charge in [0.1, 0.15) is 11.6 Å². The van der Waals surface area contributed by atoms with Crippen LogP contribution in [-0.4, -0.2) is 30.3 Å². The van der Waals surface area contributed by atoms with Crippen LogP contribution in [0.2, 0.25) is 0 Å². The third kappa shape index (κ3) is 4.27. The van der Waals surface area contributed by atoms with Gasteiger partial charge in [-0.1, -0.05) is 19.1 Å². The van der Waals surface area contributed by atoms with Gasteiger partial charge in [-0.15, -0.1) is 11.6 Å². The zero-order valence-electron chi connectivity index (χ0n) is 10.3. The smallest absolute Gasteiger partial charge is 0.237 e. The van der Waals surface area contributed by atoms with Gasteiger partial charge >= 0.3 is 0 Å². The van der Waals surface area contributed by atoms with E-state index in [0.717, 1.165) is 24.3 Å². The van der Waals surface area contributed by atoms with Gasteiger partial charge in [0.05, 0.1) is 7.11 Å². The molecule has 0 aliphatic heterocycles. The lowest BCUT2D eigenvalue weighted by atomic mass is 10.2. The zero-order valence-corrected chi connectivity index (χ0v) is 11.0. The van der Waals surface area contributed by atoms with Crippen LogP contribution in [0.5, 0.6) is 5.75 Å². The van der Waals surface area contributed by atoms with Crippen molar-refractivity contribution in [2.24, 2.45) is 0 Å². The highest BCUT2D eigenvalue weighted by Gasteiger charge is 2.11. The SMILES string of the molecule is CCCN(Cc1cccc(OC)c1)C(=O)CCl. The van der Waals surface area contributed by atoms with E-state index in [1.54, 1.807) is 12.0 Å². The molecule has 0 unspecified atom stereocenters. The van der Waals surface area contributed by atoms with Crippen LogP contribution in [0.3, 0.4) is 0 Å². The van der Waals surface area contributed by atoms with Crippen molar-refractivity contribution < 1.29 is 9.53 Å². The van der Waals surface area contributed by atoms with Crippen LogP contribution in [0.25, 0.3) is 0 Å². The van der Waals surface area contributed by atoms with Crippen LogP contribution in [0, 0.1) is 0 Å². The topological polar surface area (TPSA) is 29.5 Å². The minimum atomic E-state index is -0.0312. The maximum Gasteiger partial charge on any atom is 0.237 e. The van der Waals surface area contributed by atoms with Crippen LogP contribution < -0.4 is 4.74 Å². The summed E-state index contributed by atoms with van der Waals surface area (Å²) in [6.45, 7) is 3.35. The molecule has 1 aromatic carbocycles. The second kappa shape index (κ2) is 7.17. The second-order valence-corrected chi connectivity index (χ2v) is 4.07. The molecule has 94 valence electrons. The summed E-state index contributed by atoms with van der Waals surface area (Å²) in [5, 5.41) is 0. The molecule has 0 aliphatic rings. The van der Waals surface area contributed by atoms with Crippen molar-refractivity contribution in [1.29, 1.82) is 0 Å². The number of hydrogen-bond donors (Lipinski definition) is 0. The molecule has 0 bridgehead atoms. The van der Waals surface area contributed by atoms with Gasteiger partial charge in [-0.05, 0) is 24.1 Å². The molecule has 3 nitrogen and oxygen atoms in total. The van der Waals surface area contributed by atoms with Crippen LogP contribution in [0.1, 0.15) is 18.9 Å². The number of rotatable bonds is 6. The molecular formula is C13H18ClNO2. The molecule has 4 heteroatoms. The monoisotopic (exact) mass is 255 g/mol. The van der Waals surface area contributed by atoms with Crippen molar-refractivity contribution >= 4 is 17.5 Å². The number of alkyl halides is 1. The molecule has 0 aliphatic carbocycles. The second-order valence-electron chi connectivity index (χ2n) is 3.80. The minimum absolute atomic E-state index is 0.0312. The summed E-state index contributed by atoms with van der Waals surface area (Å²) in [4.78, 5) is 13.4. The first-order valence-electron chi connectivity index (χ1n) is 5.68. The molecule has 0 fully saturated rings. The zero-order chi connectivity index (χ0) is 12.7. The molecule has 0 spiro atoms. The van der Waals surface area contributed by atoms with E-state index in [-0.39, 0.29) is 11.8 Å². The molecule has 0 radical (unpaired) electrons. The Balaban J connectivity index is 2.74. The molecule has 1 amide bonds. The Morgan fingerprint density at radius 3 is 2.82 bits per heavy atom. The summed E-state index contributed by atoms with van der Waals surface area (Å²) < 4.78 is 5.15. The summed E-state index contributed by atoms with van der Waals surface area (Å²) in [5.74, 6) is 0.804. The van der Waals surface area contributed by atoms with Crippen LogP contribution in [-0.2, 0) is 11.3 Å². The first-order chi connectivity index (χ1) is 8.21. The van der Waals surface area contributed by atoms with Gasteiger partial charge in [0.25, 0.3) is 0 Å². The normalized spacial score (nSPS) is 10.1. The lowest BCUT2D eigenvalue weighted by Gasteiger charge is -2.21. The molecule has 1 aromatic rings. The molecule has 0 atom stereocenters. The Hall–Kier alpha value is -1.22. The van der Waals surface area contributed by atoms with Gasteiger partial charge in [-0.2, -0.15) is 0 Å². The van der Waals surface area contributed by atoms with Gasteiger partial charge in [-0.3, -0.25) is 4.79 Å². The van der Waals surface area contributed by atoms with E-state index < -0.39 is 0 Å². The Bertz CT molecular complexity index is 368. The fraction of sp³-hybridized carbons (Fsp3) is 0.462. The maximum atomic E-state index is 11.6. The maximum absolute atomic E-state index is 11.6. The van der Waals surface area contributed by atoms with Gasteiger partial charge in [-0.25, -0.2) is 0 Å². The van der Waals surface area contributed by atoms with Crippen molar-refractivity contribution in [3.63, 3.8) is 0 Å². The number of ether oxygens (including phenoxy) is 1. The van der Waals surface area contributed by atoms with E-state index >= 15 is 0 Å². The predicted octanol–water partition coefficient (Wildman–Crippen LogP) is 2.67. The highest BCUT2D eigenvalue weighted by atomic mass is 35.5. The number of carbonyl (C=O) groups is 1. The summed E-state index contributed by atoms with van der Waals surface area (Å²) in [5.41, 5.74) is 1.05. The molecule has 17 heavy (non-hydrogen) atoms. The highest BCUT2D eigenvalue weighted by molar-refractivity contribution is 6.27. The summed E-state index contributed by atoms with van der Waals surface area (Å²) in [6.07, 6.45) is 0.923. The van der Waals surface area contributed by atoms with Crippen molar-refractivity contribution in [2.45, 2.75) is 19.9 Å². The molecule has 0 N–H and O–H groups in total. The third-order valence-electron chi connectivity index (χ3n) is 2.47. The minimum Gasteiger partial charge on any atom is -0.497 e. The molecule has 0 aromatic heterocycles. The standard InChI is InChI=1S/C13H18ClNO2/c1-3-7-15(13(16)9-14)10-11-5-4-6-12(8-11)17-2/h4-6,8H,3,7,9-10H2,1-2H3. The fourth-order valence-corrected chi connectivity index (χ4v) is 1.81. The van der Waals surface area contributed by atoms with Gasteiger partial charge < -0.3 is 9.64 Å². The van der Waals surface area contributed by atoms with Gasteiger partial charge in [0, 0.05) is 13.1 Å². The van der Waals surface area contributed by atoms with Crippen molar-refractivity contribution in [3.8, 4) is 5.75 Å². The van der Waals surface area contributed by atoms with E-state index in [2.05, 4.69) is 0 Å². The number of methoxy groups -OCH3 is 1. The van der Waals surface area contributed by atoms with Crippen LogP contribution in [0.15, 0.2) is 24.3 Å². The van der Waals surface area contributed by atoms with Crippen molar-refractivity contribution in [1.82, 2.24) is 4.90 Å². The average molecular weight is 256 g/mol. The number of nitrogens with zero attached hydrogens (tertiary/aromatic N) is 1. The number of halogens is 1. The van der Waals surface area contributed by atoms with E-state index in [4.69, 9.17) is 16.3 Å². The Labute approximate surface area is 107 Å². The van der Waals surface area contributed by atoms with E-state index in [0.29, 0.717) is 6.54 Å². The first-order valence-corrected chi connectivity index (χ1v) is 6.21. The molecule has 1 rings (SSSR count). The van der Waals surface area contributed by atoms with E-state index in [9.17, 15) is 4.79 Å². The summed E-state index contributed by atoms with van der Waals surface area (Å²) >= 11 is 5.59.